The molecule has 0 aromatic heterocycles. The molecule has 7 heteroatoms. The molecule has 0 amide bonds. The minimum atomic E-state index is -0.746. The van der Waals surface area contributed by atoms with E-state index in [0.29, 0.717) is 40.6 Å². The Kier molecular flexibility index (Phi) is 3.39. The maximum absolute atomic E-state index is 13.3. The minimum absolute atomic E-state index is 0.00901. The van der Waals surface area contributed by atoms with Crippen molar-refractivity contribution in [1.82, 2.24) is 10.2 Å². The summed E-state index contributed by atoms with van der Waals surface area (Å²) in [6.07, 6.45) is 0. The highest BCUT2D eigenvalue weighted by molar-refractivity contribution is 6.30. The maximum Gasteiger partial charge on any atom is 0.298 e. The van der Waals surface area contributed by atoms with E-state index in [4.69, 9.17) is 11.6 Å². The van der Waals surface area contributed by atoms with E-state index in [2.05, 4.69) is 5.32 Å². The van der Waals surface area contributed by atoms with Gasteiger partial charge in [0.2, 0.25) is 0 Å². The van der Waals surface area contributed by atoms with E-state index in [1.54, 1.807) is 30.3 Å². The lowest BCUT2D eigenvalue weighted by atomic mass is 9.84. The molecular formula is C20H14ClN3O3. The Morgan fingerprint density at radius 2 is 1.81 bits per heavy atom. The molecule has 0 bridgehead atoms. The molecule has 1 N–H and O–H groups in total. The Bertz CT molecular complexity index is 1070. The summed E-state index contributed by atoms with van der Waals surface area (Å²) in [4.78, 5) is 26.8. The van der Waals surface area contributed by atoms with Gasteiger partial charge < -0.3 is 10.2 Å². The lowest BCUT2D eigenvalue weighted by Gasteiger charge is -2.30. The lowest BCUT2D eigenvalue weighted by molar-refractivity contribution is -0.431. The number of benzene rings is 2. The first-order valence-electron chi connectivity index (χ1n) is 8.61. The number of nitro groups is 1. The number of hydrogen-bond donors (Lipinski definition) is 1. The minimum Gasteiger partial charge on any atom is -0.364 e. The molecule has 27 heavy (non-hydrogen) atoms. The predicted molar refractivity (Wildman–Crippen MR) is 101 cm³/mol. The molecular weight excluding hydrogens is 366 g/mol. The summed E-state index contributed by atoms with van der Waals surface area (Å²) < 4.78 is 0. The first-order chi connectivity index (χ1) is 13.1. The number of nitrogens with zero attached hydrogens (tertiary/aromatic N) is 2. The van der Waals surface area contributed by atoms with Crippen LogP contribution in [0.2, 0.25) is 5.02 Å². The van der Waals surface area contributed by atoms with Gasteiger partial charge in [0.15, 0.2) is 11.6 Å². The van der Waals surface area contributed by atoms with E-state index < -0.39 is 5.92 Å². The van der Waals surface area contributed by atoms with E-state index in [-0.39, 0.29) is 16.4 Å². The number of ketones is 1. The molecule has 1 atom stereocenters. The van der Waals surface area contributed by atoms with Crippen molar-refractivity contribution in [3.05, 3.63) is 97.4 Å². The van der Waals surface area contributed by atoms with Crippen molar-refractivity contribution in [2.24, 2.45) is 0 Å². The average Bonchev–Trinajstić information content (AvgIpc) is 3.25. The van der Waals surface area contributed by atoms with Crippen LogP contribution in [-0.4, -0.2) is 28.7 Å². The van der Waals surface area contributed by atoms with Crippen molar-refractivity contribution in [2.75, 3.05) is 13.1 Å². The monoisotopic (exact) mass is 379 g/mol. The second kappa shape index (κ2) is 5.69. The molecule has 6 nitrogen and oxygen atoms in total. The van der Waals surface area contributed by atoms with Crippen molar-refractivity contribution in [1.29, 1.82) is 0 Å². The van der Waals surface area contributed by atoms with Gasteiger partial charge in [-0.1, -0.05) is 48.0 Å². The normalized spacial score (nSPS) is 20.4. The lowest BCUT2D eigenvalue weighted by Crippen LogP contribution is -2.32. The third kappa shape index (κ3) is 2.16. The zero-order chi connectivity index (χ0) is 18.7. The van der Waals surface area contributed by atoms with E-state index in [1.165, 1.54) is 0 Å². The smallest absolute Gasteiger partial charge is 0.298 e. The molecule has 1 unspecified atom stereocenters. The van der Waals surface area contributed by atoms with Gasteiger partial charge >= 0.3 is 0 Å². The molecule has 0 radical (unpaired) electrons. The van der Waals surface area contributed by atoms with Crippen LogP contribution in [0.4, 0.5) is 0 Å². The Morgan fingerprint density at radius 1 is 1.11 bits per heavy atom. The van der Waals surface area contributed by atoms with Crippen LogP contribution in [0.15, 0.2) is 65.6 Å². The number of allylic oxidation sites excluding steroid dienone is 1. The SMILES string of the molecule is O=C1C2=C(c3ccccc31)N1CCNC1=C([N+](=O)[O-])C2c1ccc(Cl)cc1. The van der Waals surface area contributed by atoms with E-state index in [1.807, 2.05) is 23.1 Å². The van der Waals surface area contributed by atoms with E-state index in [9.17, 15) is 14.9 Å². The Labute approximate surface area is 159 Å². The van der Waals surface area contributed by atoms with Gasteiger partial charge in [-0.15, -0.1) is 0 Å². The Balaban J connectivity index is 1.81. The number of carbonyl (C=O) groups is 1. The van der Waals surface area contributed by atoms with Crippen LogP contribution in [0.5, 0.6) is 0 Å². The molecule has 3 aliphatic rings. The van der Waals surface area contributed by atoms with Crippen LogP contribution in [0, 0.1) is 10.1 Å². The summed E-state index contributed by atoms with van der Waals surface area (Å²) in [6, 6.07) is 14.3. The second-order valence-electron chi connectivity index (χ2n) is 6.69. The number of carbonyl (C=O) groups excluding carboxylic acids is 1. The van der Waals surface area contributed by atoms with Crippen molar-refractivity contribution < 1.29 is 9.72 Å². The van der Waals surface area contributed by atoms with Gasteiger partial charge in [-0.05, 0) is 17.7 Å². The number of Topliss-reactive ketones (excluding diaryl/α,β-unsaturated/α-hetero) is 1. The number of halogens is 1. The summed E-state index contributed by atoms with van der Waals surface area (Å²) in [7, 11) is 0. The fourth-order valence-electron chi connectivity index (χ4n) is 4.23. The summed E-state index contributed by atoms with van der Waals surface area (Å²) in [5.41, 5.74) is 3.37. The molecule has 2 aromatic carbocycles. The van der Waals surface area contributed by atoms with Crippen molar-refractivity contribution in [3.8, 4) is 0 Å². The highest BCUT2D eigenvalue weighted by atomic mass is 35.5. The van der Waals surface area contributed by atoms with Crippen molar-refractivity contribution in [2.45, 2.75) is 5.92 Å². The van der Waals surface area contributed by atoms with Crippen LogP contribution in [0.1, 0.15) is 27.4 Å². The molecule has 1 aliphatic carbocycles. The fraction of sp³-hybridized carbons (Fsp3) is 0.150. The number of rotatable bonds is 2. The van der Waals surface area contributed by atoms with Crippen LogP contribution >= 0.6 is 11.6 Å². The highest BCUT2D eigenvalue weighted by Gasteiger charge is 2.50. The Hall–Kier alpha value is -3.12. The van der Waals surface area contributed by atoms with Crippen LogP contribution in [0.25, 0.3) is 5.70 Å². The predicted octanol–water partition coefficient (Wildman–Crippen LogP) is 3.40. The molecule has 2 aromatic rings. The van der Waals surface area contributed by atoms with E-state index >= 15 is 0 Å². The molecule has 0 spiro atoms. The first kappa shape index (κ1) is 16.1. The number of fused-ring (bicyclic) bond motifs is 4. The van der Waals surface area contributed by atoms with Gasteiger partial charge in [0.1, 0.15) is 5.92 Å². The summed E-state index contributed by atoms with van der Waals surface area (Å²) in [5, 5.41) is 15.7. The number of nitrogens with one attached hydrogen (secondary N) is 1. The summed E-state index contributed by atoms with van der Waals surface area (Å²) in [6.45, 7) is 1.17. The van der Waals surface area contributed by atoms with Crippen LogP contribution in [0.3, 0.4) is 0 Å². The molecule has 0 saturated carbocycles. The molecule has 5 rings (SSSR count). The zero-order valence-corrected chi connectivity index (χ0v) is 14.9. The molecule has 2 heterocycles. The van der Waals surface area contributed by atoms with Gasteiger partial charge in [-0.3, -0.25) is 14.9 Å². The maximum atomic E-state index is 13.3. The second-order valence-corrected chi connectivity index (χ2v) is 7.13. The van der Waals surface area contributed by atoms with Crippen LogP contribution in [-0.2, 0) is 0 Å². The van der Waals surface area contributed by atoms with E-state index in [0.717, 1.165) is 11.3 Å². The van der Waals surface area contributed by atoms with Gasteiger partial charge in [0, 0.05) is 34.8 Å². The largest absolute Gasteiger partial charge is 0.364 e. The Morgan fingerprint density at radius 3 is 2.52 bits per heavy atom. The molecule has 2 aliphatic heterocycles. The standard InChI is InChI=1S/C20H14ClN3O3/c21-12-7-5-11(6-8-12)15-16-17(13-3-1-2-4-14(13)19(16)25)23-10-9-22-20(23)18(15)24(26)27/h1-8,15,22H,9-10H2. The zero-order valence-electron chi connectivity index (χ0n) is 14.1. The highest BCUT2D eigenvalue weighted by Crippen LogP contribution is 2.50. The quantitative estimate of drug-likeness (QED) is 0.639. The molecule has 1 fully saturated rings. The molecule has 1 saturated heterocycles. The summed E-state index contributed by atoms with van der Waals surface area (Å²) in [5.74, 6) is -0.418. The first-order valence-corrected chi connectivity index (χ1v) is 8.99. The summed E-state index contributed by atoms with van der Waals surface area (Å²) >= 11 is 6.01. The fourth-order valence-corrected chi connectivity index (χ4v) is 4.36. The topological polar surface area (TPSA) is 75.5 Å². The van der Waals surface area contributed by atoms with Gasteiger partial charge in [-0.25, -0.2) is 0 Å². The van der Waals surface area contributed by atoms with Crippen molar-refractivity contribution in [3.63, 3.8) is 0 Å². The third-order valence-electron chi connectivity index (χ3n) is 5.30. The van der Waals surface area contributed by atoms with Crippen molar-refractivity contribution >= 4 is 23.1 Å². The van der Waals surface area contributed by atoms with Crippen LogP contribution < -0.4 is 5.32 Å². The molecule has 134 valence electrons. The van der Waals surface area contributed by atoms with Gasteiger partial charge in [-0.2, -0.15) is 0 Å². The number of hydrogen-bond acceptors (Lipinski definition) is 5. The average molecular weight is 380 g/mol. The van der Waals surface area contributed by atoms with Gasteiger partial charge in [0.25, 0.3) is 5.70 Å². The third-order valence-corrected chi connectivity index (χ3v) is 5.55. The van der Waals surface area contributed by atoms with Gasteiger partial charge in [0.05, 0.1) is 10.6 Å².